The average Bonchev–Trinajstić information content (AvgIpc) is 3.23. The van der Waals surface area contributed by atoms with Crippen molar-refractivity contribution in [3.8, 4) is 0 Å². The standard InChI is InChI=1S/C19H25NO3/c21-18(12-11-14-6-3-4-9-16(14)19(22)23)20-13-5-10-17(20)15-7-1-2-8-15/h3-4,6,9,15,17H,1-2,5,7-8,10-13H2,(H,22,23). The van der Waals surface area contributed by atoms with Gasteiger partial charge in [-0.2, -0.15) is 0 Å². The second-order valence-corrected chi connectivity index (χ2v) is 6.80. The Morgan fingerprint density at radius 2 is 1.83 bits per heavy atom. The van der Waals surface area contributed by atoms with Crippen LogP contribution in [-0.2, 0) is 11.2 Å². The maximum Gasteiger partial charge on any atom is 0.335 e. The van der Waals surface area contributed by atoms with Crippen molar-refractivity contribution in [3.63, 3.8) is 0 Å². The minimum atomic E-state index is -0.918. The molecule has 1 atom stereocenters. The van der Waals surface area contributed by atoms with Gasteiger partial charge in [-0.25, -0.2) is 4.79 Å². The third kappa shape index (κ3) is 3.57. The summed E-state index contributed by atoms with van der Waals surface area (Å²) in [5.74, 6) is -0.0367. The number of hydrogen-bond donors (Lipinski definition) is 1. The minimum absolute atomic E-state index is 0.194. The molecule has 2 aliphatic rings. The fourth-order valence-corrected chi connectivity index (χ4v) is 4.27. The molecule has 1 saturated heterocycles. The molecule has 0 aromatic heterocycles. The molecule has 2 fully saturated rings. The van der Waals surface area contributed by atoms with Gasteiger partial charge < -0.3 is 10.0 Å². The van der Waals surface area contributed by atoms with Crippen LogP contribution in [0, 0.1) is 5.92 Å². The number of hydrogen-bond acceptors (Lipinski definition) is 2. The van der Waals surface area contributed by atoms with E-state index in [0.717, 1.165) is 24.9 Å². The van der Waals surface area contributed by atoms with Crippen LogP contribution in [0.1, 0.15) is 60.9 Å². The van der Waals surface area contributed by atoms with Crippen LogP contribution in [0.25, 0.3) is 0 Å². The van der Waals surface area contributed by atoms with E-state index in [4.69, 9.17) is 0 Å². The minimum Gasteiger partial charge on any atom is -0.478 e. The number of amides is 1. The van der Waals surface area contributed by atoms with Crippen LogP contribution < -0.4 is 0 Å². The van der Waals surface area contributed by atoms with Crippen molar-refractivity contribution in [1.82, 2.24) is 4.90 Å². The van der Waals surface area contributed by atoms with Crippen LogP contribution in [0.5, 0.6) is 0 Å². The SMILES string of the molecule is O=C(O)c1ccccc1CCC(=O)N1CCCC1C1CCCC1. The van der Waals surface area contributed by atoms with Crippen LogP contribution in [0.15, 0.2) is 24.3 Å². The van der Waals surface area contributed by atoms with Gasteiger partial charge in [0, 0.05) is 19.0 Å². The number of aryl methyl sites for hydroxylation is 1. The van der Waals surface area contributed by atoms with E-state index in [1.807, 2.05) is 12.1 Å². The Hall–Kier alpha value is -1.84. The Morgan fingerprint density at radius 1 is 1.09 bits per heavy atom. The van der Waals surface area contributed by atoms with E-state index >= 15 is 0 Å². The summed E-state index contributed by atoms with van der Waals surface area (Å²) >= 11 is 0. The van der Waals surface area contributed by atoms with E-state index in [1.165, 1.54) is 25.7 Å². The molecular formula is C19H25NO3. The van der Waals surface area contributed by atoms with Crippen molar-refractivity contribution in [1.29, 1.82) is 0 Å². The number of nitrogens with zero attached hydrogens (tertiary/aromatic N) is 1. The first kappa shape index (κ1) is 16.0. The highest BCUT2D eigenvalue weighted by Gasteiger charge is 2.35. The van der Waals surface area contributed by atoms with Gasteiger partial charge in [-0.05, 0) is 49.7 Å². The summed E-state index contributed by atoms with van der Waals surface area (Å²) in [7, 11) is 0. The van der Waals surface area contributed by atoms with Gasteiger partial charge in [0.1, 0.15) is 0 Å². The fraction of sp³-hybridized carbons (Fsp3) is 0.579. The number of benzene rings is 1. The van der Waals surface area contributed by atoms with Crippen molar-refractivity contribution in [2.75, 3.05) is 6.54 Å². The van der Waals surface area contributed by atoms with Gasteiger partial charge in [0.2, 0.25) is 5.91 Å². The van der Waals surface area contributed by atoms with Gasteiger partial charge in [-0.3, -0.25) is 4.79 Å². The number of carbonyl (C=O) groups is 2. The molecular weight excluding hydrogens is 290 g/mol. The molecule has 3 rings (SSSR count). The molecule has 1 aliphatic heterocycles. The maximum atomic E-state index is 12.6. The van der Waals surface area contributed by atoms with Gasteiger partial charge in [0.25, 0.3) is 0 Å². The third-order valence-corrected chi connectivity index (χ3v) is 5.42. The summed E-state index contributed by atoms with van der Waals surface area (Å²) in [4.78, 5) is 26.0. The number of carboxylic acid groups (broad SMARTS) is 1. The molecule has 23 heavy (non-hydrogen) atoms. The largest absolute Gasteiger partial charge is 0.478 e. The Bertz CT molecular complexity index is 578. The second-order valence-electron chi connectivity index (χ2n) is 6.80. The van der Waals surface area contributed by atoms with E-state index in [1.54, 1.807) is 12.1 Å². The van der Waals surface area contributed by atoms with E-state index in [-0.39, 0.29) is 5.91 Å². The van der Waals surface area contributed by atoms with Gasteiger partial charge in [-0.1, -0.05) is 31.0 Å². The molecule has 0 spiro atoms. The quantitative estimate of drug-likeness (QED) is 0.904. The summed E-state index contributed by atoms with van der Waals surface area (Å²) in [6.07, 6.45) is 8.29. The Morgan fingerprint density at radius 3 is 2.57 bits per heavy atom. The Kier molecular flexibility index (Phi) is 4.99. The first-order valence-electron chi connectivity index (χ1n) is 8.77. The number of carboxylic acids is 1. The summed E-state index contributed by atoms with van der Waals surface area (Å²) in [6.45, 7) is 0.876. The van der Waals surface area contributed by atoms with E-state index < -0.39 is 5.97 Å². The lowest BCUT2D eigenvalue weighted by molar-refractivity contribution is -0.132. The van der Waals surface area contributed by atoms with Crippen LogP contribution >= 0.6 is 0 Å². The molecule has 1 N–H and O–H groups in total. The number of rotatable bonds is 5. The maximum absolute atomic E-state index is 12.6. The summed E-state index contributed by atoms with van der Waals surface area (Å²) < 4.78 is 0. The van der Waals surface area contributed by atoms with Gasteiger partial charge in [0.15, 0.2) is 0 Å². The summed E-state index contributed by atoms with van der Waals surface area (Å²) in [5.41, 5.74) is 1.07. The molecule has 1 amide bonds. The molecule has 1 aromatic rings. The first-order chi connectivity index (χ1) is 11.2. The highest BCUT2D eigenvalue weighted by Crippen LogP contribution is 2.35. The van der Waals surface area contributed by atoms with E-state index in [9.17, 15) is 14.7 Å². The fourth-order valence-electron chi connectivity index (χ4n) is 4.27. The molecule has 124 valence electrons. The molecule has 1 heterocycles. The molecule has 1 aliphatic carbocycles. The van der Waals surface area contributed by atoms with Crippen LogP contribution in [0.4, 0.5) is 0 Å². The lowest BCUT2D eigenvalue weighted by Gasteiger charge is -2.29. The van der Waals surface area contributed by atoms with Crippen molar-refractivity contribution >= 4 is 11.9 Å². The smallest absolute Gasteiger partial charge is 0.335 e. The molecule has 4 heteroatoms. The van der Waals surface area contributed by atoms with Gasteiger partial charge in [-0.15, -0.1) is 0 Å². The first-order valence-corrected chi connectivity index (χ1v) is 8.77. The molecule has 1 aromatic carbocycles. The molecule has 4 nitrogen and oxygen atoms in total. The normalized spacial score (nSPS) is 21.7. The van der Waals surface area contributed by atoms with E-state index in [0.29, 0.717) is 30.4 Å². The number of carbonyl (C=O) groups excluding carboxylic acids is 1. The molecule has 0 radical (unpaired) electrons. The lowest BCUT2D eigenvalue weighted by atomic mass is 9.95. The number of likely N-dealkylation sites (tertiary alicyclic amines) is 1. The van der Waals surface area contributed by atoms with Gasteiger partial charge >= 0.3 is 5.97 Å². The average molecular weight is 315 g/mol. The topological polar surface area (TPSA) is 57.6 Å². The van der Waals surface area contributed by atoms with Crippen molar-refractivity contribution in [2.24, 2.45) is 5.92 Å². The zero-order chi connectivity index (χ0) is 16.2. The predicted octanol–water partition coefficient (Wildman–Crippen LogP) is 3.50. The lowest BCUT2D eigenvalue weighted by Crippen LogP contribution is -2.39. The number of aromatic carboxylic acids is 1. The second kappa shape index (κ2) is 7.16. The summed E-state index contributed by atoms with van der Waals surface area (Å²) in [6, 6.07) is 7.42. The van der Waals surface area contributed by atoms with Crippen LogP contribution in [-0.4, -0.2) is 34.5 Å². The molecule has 1 saturated carbocycles. The highest BCUT2D eigenvalue weighted by atomic mass is 16.4. The van der Waals surface area contributed by atoms with Crippen molar-refractivity contribution < 1.29 is 14.7 Å². The van der Waals surface area contributed by atoms with E-state index in [2.05, 4.69) is 4.90 Å². The Balaban J connectivity index is 1.62. The van der Waals surface area contributed by atoms with Gasteiger partial charge in [0.05, 0.1) is 5.56 Å². The summed E-state index contributed by atoms with van der Waals surface area (Å²) in [5, 5.41) is 9.23. The zero-order valence-electron chi connectivity index (χ0n) is 13.5. The highest BCUT2D eigenvalue weighted by molar-refractivity contribution is 5.89. The Labute approximate surface area is 137 Å². The van der Waals surface area contributed by atoms with Crippen LogP contribution in [0.3, 0.4) is 0 Å². The van der Waals surface area contributed by atoms with Crippen molar-refractivity contribution in [2.45, 2.75) is 57.4 Å². The third-order valence-electron chi connectivity index (χ3n) is 5.42. The monoisotopic (exact) mass is 315 g/mol. The van der Waals surface area contributed by atoms with Crippen molar-refractivity contribution in [3.05, 3.63) is 35.4 Å². The predicted molar refractivity (Wildman–Crippen MR) is 88.4 cm³/mol. The molecule has 1 unspecified atom stereocenters. The zero-order valence-corrected chi connectivity index (χ0v) is 13.5. The van der Waals surface area contributed by atoms with Crippen LogP contribution in [0.2, 0.25) is 0 Å². The molecule has 0 bridgehead atoms.